The molecule has 2 aliphatic rings. The molecule has 0 atom stereocenters. The minimum Gasteiger partial charge on any atom is -0.494 e. The second-order valence-corrected chi connectivity index (χ2v) is 8.89. The average Bonchev–Trinajstić information content (AvgIpc) is 2.73. The highest BCUT2D eigenvalue weighted by atomic mass is 19.2. The van der Waals surface area contributed by atoms with Gasteiger partial charge in [-0.2, -0.15) is 4.39 Å². The highest BCUT2D eigenvalue weighted by Crippen LogP contribution is 2.46. The SMILES string of the molecule is CCCC1CCC(C2CCC(c3cc(OC)c(F)c(F)c3COC)CC2)CC1. The number of hydrogen-bond acceptors (Lipinski definition) is 2. The Bertz CT molecular complexity index is 630. The third-order valence-corrected chi connectivity index (χ3v) is 7.28. The lowest BCUT2D eigenvalue weighted by atomic mass is 9.67. The van der Waals surface area contributed by atoms with Crippen molar-refractivity contribution in [1.29, 1.82) is 0 Å². The molecule has 3 rings (SSSR count). The fourth-order valence-electron chi connectivity index (χ4n) is 5.72. The summed E-state index contributed by atoms with van der Waals surface area (Å²) in [6.07, 6.45) is 12.7. The summed E-state index contributed by atoms with van der Waals surface area (Å²) in [5.41, 5.74) is 1.24. The topological polar surface area (TPSA) is 18.5 Å². The third kappa shape index (κ3) is 4.69. The zero-order valence-corrected chi connectivity index (χ0v) is 17.7. The quantitative estimate of drug-likeness (QED) is 0.496. The van der Waals surface area contributed by atoms with E-state index >= 15 is 0 Å². The van der Waals surface area contributed by atoms with Gasteiger partial charge in [0.05, 0.1) is 13.7 Å². The zero-order valence-electron chi connectivity index (χ0n) is 17.7. The van der Waals surface area contributed by atoms with E-state index in [0.717, 1.165) is 36.2 Å². The minimum absolute atomic E-state index is 0.00345. The van der Waals surface area contributed by atoms with Gasteiger partial charge in [0.25, 0.3) is 0 Å². The highest BCUT2D eigenvalue weighted by Gasteiger charge is 2.33. The van der Waals surface area contributed by atoms with Gasteiger partial charge in [-0.1, -0.05) is 32.6 Å². The van der Waals surface area contributed by atoms with Crippen molar-refractivity contribution in [3.63, 3.8) is 0 Å². The first-order chi connectivity index (χ1) is 13.6. The van der Waals surface area contributed by atoms with Crippen molar-refractivity contribution in [3.05, 3.63) is 28.8 Å². The lowest BCUT2D eigenvalue weighted by molar-refractivity contribution is 0.154. The van der Waals surface area contributed by atoms with E-state index in [1.807, 2.05) is 0 Å². The van der Waals surface area contributed by atoms with E-state index in [4.69, 9.17) is 9.47 Å². The van der Waals surface area contributed by atoms with Crippen LogP contribution in [0, 0.1) is 29.4 Å². The molecule has 0 aromatic heterocycles. The van der Waals surface area contributed by atoms with E-state index < -0.39 is 11.6 Å². The Hall–Kier alpha value is -1.16. The van der Waals surface area contributed by atoms with E-state index in [9.17, 15) is 8.78 Å². The summed E-state index contributed by atoms with van der Waals surface area (Å²) in [5.74, 6) is 1.17. The van der Waals surface area contributed by atoms with Crippen LogP contribution < -0.4 is 4.74 Å². The standard InChI is InChI=1S/C24H36F2O2/c1-4-5-16-6-8-17(9-7-16)18-10-12-19(13-11-18)20-14-22(28-3)24(26)23(25)21(20)15-27-2/h14,16-19H,4-13,15H2,1-3H3. The summed E-state index contributed by atoms with van der Waals surface area (Å²) in [6, 6.07) is 1.70. The lowest BCUT2D eigenvalue weighted by Crippen LogP contribution is -2.25. The number of rotatable bonds is 7. The van der Waals surface area contributed by atoms with Gasteiger partial charge in [-0.15, -0.1) is 0 Å². The summed E-state index contributed by atoms with van der Waals surface area (Å²) < 4.78 is 39.0. The summed E-state index contributed by atoms with van der Waals surface area (Å²) >= 11 is 0. The van der Waals surface area contributed by atoms with E-state index in [-0.39, 0.29) is 18.3 Å². The van der Waals surface area contributed by atoms with Gasteiger partial charge >= 0.3 is 0 Å². The molecule has 0 aliphatic heterocycles. The number of benzene rings is 1. The molecule has 1 aromatic carbocycles. The fourth-order valence-corrected chi connectivity index (χ4v) is 5.72. The molecule has 2 nitrogen and oxygen atoms in total. The maximum atomic E-state index is 14.6. The molecule has 28 heavy (non-hydrogen) atoms. The van der Waals surface area contributed by atoms with Gasteiger partial charge in [0.15, 0.2) is 11.6 Å². The van der Waals surface area contributed by atoms with Crippen LogP contribution in [0.25, 0.3) is 0 Å². The first kappa shape index (κ1) is 21.5. The molecule has 2 aliphatic carbocycles. The molecule has 2 fully saturated rings. The summed E-state index contributed by atoms with van der Waals surface area (Å²) in [4.78, 5) is 0. The second kappa shape index (κ2) is 10.0. The number of hydrogen-bond donors (Lipinski definition) is 0. The van der Waals surface area contributed by atoms with Gasteiger partial charge < -0.3 is 9.47 Å². The van der Waals surface area contributed by atoms with Gasteiger partial charge in [0.1, 0.15) is 0 Å². The maximum absolute atomic E-state index is 14.6. The first-order valence-electron chi connectivity index (χ1n) is 11.1. The third-order valence-electron chi connectivity index (χ3n) is 7.28. The predicted molar refractivity (Wildman–Crippen MR) is 109 cm³/mol. The van der Waals surface area contributed by atoms with Crippen molar-refractivity contribution in [2.24, 2.45) is 17.8 Å². The Labute approximate surface area is 169 Å². The molecule has 0 radical (unpaired) electrons. The smallest absolute Gasteiger partial charge is 0.200 e. The molecule has 2 saturated carbocycles. The molecule has 0 heterocycles. The van der Waals surface area contributed by atoms with Gasteiger partial charge in [-0.25, -0.2) is 4.39 Å². The van der Waals surface area contributed by atoms with Crippen LogP contribution in [-0.2, 0) is 11.3 Å². The van der Waals surface area contributed by atoms with Crippen LogP contribution in [0.3, 0.4) is 0 Å². The first-order valence-corrected chi connectivity index (χ1v) is 11.1. The van der Waals surface area contributed by atoms with Crippen molar-refractivity contribution in [1.82, 2.24) is 0 Å². The van der Waals surface area contributed by atoms with Crippen molar-refractivity contribution >= 4 is 0 Å². The number of ether oxygens (including phenoxy) is 2. The zero-order chi connectivity index (χ0) is 20.1. The maximum Gasteiger partial charge on any atom is 0.200 e. The molecule has 158 valence electrons. The van der Waals surface area contributed by atoms with Crippen molar-refractivity contribution < 1.29 is 18.3 Å². The van der Waals surface area contributed by atoms with Crippen LogP contribution in [-0.4, -0.2) is 14.2 Å². The molecule has 0 spiro atoms. The molecule has 0 unspecified atom stereocenters. The number of halogens is 2. The van der Waals surface area contributed by atoms with Crippen molar-refractivity contribution in [3.8, 4) is 5.75 Å². The Morgan fingerprint density at radius 1 is 0.893 bits per heavy atom. The Morgan fingerprint density at radius 3 is 2.04 bits per heavy atom. The summed E-state index contributed by atoms with van der Waals surface area (Å²) in [5, 5.41) is 0. The van der Waals surface area contributed by atoms with Gasteiger partial charge in [0, 0.05) is 12.7 Å². The van der Waals surface area contributed by atoms with Crippen molar-refractivity contribution in [2.75, 3.05) is 14.2 Å². The van der Waals surface area contributed by atoms with Gasteiger partial charge in [-0.05, 0) is 73.8 Å². The molecule has 4 heteroatoms. The van der Waals surface area contributed by atoms with Crippen LogP contribution >= 0.6 is 0 Å². The van der Waals surface area contributed by atoms with Crippen LogP contribution in [0.4, 0.5) is 8.78 Å². The van der Waals surface area contributed by atoms with Crippen LogP contribution in [0.1, 0.15) is 88.2 Å². The molecular formula is C24H36F2O2. The predicted octanol–water partition coefficient (Wildman–Crippen LogP) is 7.00. The Balaban J connectivity index is 1.65. The molecular weight excluding hydrogens is 358 g/mol. The minimum atomic E-state index is -0.907. The molecule has 0 amide bonds. The van der Waals surface area contributed by atoms with Crippen molar-refractivity contribution in [2.45, 2.75) is 83.7 Å². The monoisotopic (exact) mass is 394 g/mol. The second-order valence-electron chi connectivity index (χ2n) is 8.89. The van der Waals surface area contributed by atoms with E-state index in [1.165, 1.54) is 65.6 Å². The van der Waals surface area contributed by atoms with Gasteiger partial charge in [0.2, 0.25) is 5.82 Å². The molecule has 0 bridgehead atoms. The molecule has 0 saturated heterocycles. The van der Waals surface area contributed by atoms with Crippen LogP contribution in [0.15, 0.2) is 6.07 Å². The van der Waals surface area contributed by atoms with E-state index in [2.05, 4.69) is 6.92 Å². The largest absolute Gasteiger partial charge is 0.494 e. The van der Waals surface area contributed by atoms with Gasteiger partial charge in [-0.3, -0.25) is 0 Å². The molecule has 0 N–H and O–H groups in total. The average molecular weight is 395 g/mol. The normalized spacial score (nSPS) is 28.3. The summed E-state index contributed by atoms with van der Waals surface area (Å²) in [7, 11) is 2.92. The highest BCUT2D eigenvalue weighted by molar-refractivity contribution is 5.40. The Kier molecular flexibility index (Phi) is 7.73. The summed E-state index contributed by atoms with van der Waals surface area (Å²) in [6.45, 7) is 2.39. The van der Waals surface area contributed by atoms with Crippen LogP contribution in [0.5, 0.6) is 5.75 Å². The fraction of sp³-hybridized carbons (Fsp3) is 0.750. The Morgan fingerprint density at radius 2 is 1.50 bits per heavy atom. The van der Waals surface area contributed by atoms with E-state index in [0.29, 0.717) is 5.56 Å². The van der Waals surface area contributed by atoms with E-state index in [1.54, 1.807) is 6.07 Å². The molecule has 1 aromatic rings. The lowest BCUT2D eigenvalue weighted by Gasteiger charge is -2.38. The van der Waals surface area contributed by atoms with Crippen LogP contribution in [0.2, 0.25) is 0 Å². The number of methoxy groups -OCH3 is 2.